The van der Waals surface area contributed by atoms with Crippen LogP contribution >= 0.6 is 0 Å². The highest BCUT2D eigenvalue weighted by atomic mass is 19.1. The lowest BCUT2D eigenvalue weighted by Crippen LogP contribution is -2.10. The average molecular weight is 211 g/mol. The summed E-state index contributed by atoms with van der Waals surface area (Å²) in [6, 6.07) is 3.78. The van der Waals surface area contributed by atoms with Crippen molar-refractivity contribution in [2.24, 2.45) is 5.73 Å². The second-order valence-corrected chi connectivity index (χ2v) is 3.25. The minimum absolute atomic E-state index is 0.207. The van der Waals surface area contributed by atoms with Gasteiger partial charge in [0.05, 0.1) is 12.2 Å². The smallest absolute Gasteiger partial charge is 0.338 e. The van der Waals surface area contributed by atoms with Crippen molar-refractivity contribution in [1.82, 2.24) is 0 Å². The van der Waals surface area contributed by atoms with Crippen LogP contribution < -0.4 is 5.73 Å². The summed E-state index contributed by atoms with van der Waals surface area (Å²) in [6.45, 7) is 3.66. The standard InChI is InChI=1S/C11H14FNO2/c1-3-15-11(14)8-4-5-9(7(2)13)10(12)6-8/h4-7H,3,13H2,1-2H3. The van der Waals surface area contributed by atoms with Crippen LogP contribution in [0.1, 0.15) is 35.8 Å². The maximum absolute atomic E-state index is 13.4. The van der Waals surface area contributed by atoms with E-state index in [9.17, 15) is 9.18 Å². The molecule has 0 fully saturated rings. The molecule has 0 heterocycles. The number of benzene rings is 1. The van der Waals surface area contributed by atoms with Crippen molar-refractivity contribution < 1.29 is 13.9 Å². The van der Waals surface area contributed by atoms with Gasteiger partial charge in [-0.1, -0.05) is 6.07 Å². The molecule has 1 atom stereocenters. The van der Waals surface area contributed by atoms with E-state index in [1.54, 1.807) is 13.8 Å². The van der Waals surface area contributed by atoms with Gasteiger partial charge in [0.2, 0.25) is 0 Å². The molecule has 0 aliphatic rings. The van der Waals surface area contributed by atoms with E-state index >= 15 is 0 Å². The Kier molecular flexibility index (Phi) is 3.80. The lowest BCUT2D eigenvalue weighted by molar-refractivity contribution is 0.0525. The SMILES string of the molecule is CCOC(=O)c1ccc(C(C)N)c(F)c1. The molecule has 0 radical (unpaired) electrons. The fourth-order valence-electron chi connectivity index (χ4n) is 1.24. The molecule has 1 unspecified atom stereocenters. The molecule has 3 nitrogen and oxygen atoms in total. The predicted octanol–water partition coefficient (Wildman–Crippen LogP) is 2.02. The number of hydrogen-bond donors (Lipinski definition) is 1. The highest BCUT2D eigenvalue weighted by Crippen LogP contribution is 2.16. The fraction of sp³-hybridized carbons (Fsp3) is 0.364. The molecule has 0 spiro atoms. The van der Waals surface area contributed by atoms with E-state index in [1.165, 1.54) is 12.1 Å². The molecular formula is C11H14FNO2. The van der Waals surface area contributed by atoms with Gasteiger partial charge in [-0.25, -0.2) is 9.18 Å². The summed E-state index contributed by atoms with van der Waals surface area (Å²) in [6.07, 6.45) is 0. The number of nitrogens with two attached hydrogens (primary N) is 1. The largest absolute Gasteiger partial charge is 0.462 e. The summed E-state index contributed by atoms with van der Waals surface area (Å²) in [7, 11) is 0. The van der Waals surface area contributed by atoms with Gasteiger partial charge in [0.25, 0.3) is 0 Å². The number of hydrogen-bond acceptors (Lipinski definition) is 3. The highest BCUT2D eigenvalue weighted by Gasteiger charge is 2.12. The van der Waals surface area contributed by atoms with Crippen molar-refractivity contribution in [2.75, 3.05) is 6.61 Å². The zero-order chi connectivity index (χ0) is 11.4. The van der Waals surface area contributed by atoms with Crippen molar-refractivity contribution in [1.29, 1.82) is 0 Å². The molecule has 15 heavy (non-hydrogen) atoms. The van der Waals surface area contributed by atoms with Gasteiger partial charge >= 0.3 is 5.97 Å². The first-order chi connectivity index (χ1) is 7.06. The first-order valence-electron chi connectivity index (χ1n) is 4.78. The molecule has 0 amide bonds. The van der Waals surface area contributed by atoms with Gasteiger partial charge in [0.15, 0.2) is 0 Å². The van der Waals surface area contributed by atoms with Crippen molar-refractivity contribution >= 4 is 5.97 Å². The molecule has 0 aliphatic carbocycles. The number of esters is 1. The van der Waals surface area contributed by atoms with E-state index in [4.69, 9.17) is 10.5 Å². The molecule has 4 heteroatoms. The summed E-state index contributed by atoms with van der Waals surface area (Å²) in [5.74, 6) is -0.997. The zero-order valence-electron chi connectivity index (χ0n) is 8.79. The van der Waals surface area contributed by atoms with Crippen LogP contribution in [0.4, 0.5) is 4.39 Å². The maximum atomic E-state index is 13.4. The molecule has 1 rings (SSSR count). The number of carbonyl (C=O) groups excluding carboxylic acids is 1. The maximum Gasteiger partial charge on any atom is 0.338 e. The van der Waals surface area contributed by atoms with Crippen LogP contribution in [0.5, 0.6) is 0 Å². The Morgan fingerprint density at radius 1 is 1.60 bits per heavy atom. The van der Waals surface area contributed by atoms with Crippen LogP contribution in [0.25, 0.3) is 0 Å². The highest BCUT2D eigenvalue weighted by molar-refractivity contribution is 5.89. The molecule has 0 aliphatic heterocycles. The van der Waals surface area contributed by atoms with E-state index < -0.39 is 11.8 Å². The third-order valence-electron chi connectivity index (χ3n) is 2.00. The van der Waals surface area contributed by atoms with E-state index in [2.05, 4.69) is 0 Å². The Morgan fingerprint density at radius 2 is 2.27 bits per heavy atom. The van der Waals surface area contributed by atoms with Crippen LogP contribution in [0, 0.1) is 5.82 Å². The molecule has 0 aromatic heterocycles. The number of halogens is 1. The van der Waals surface area contributed by atoms with Gasteiger partial charge in [-0.15, -0.1) is 0 Å². The quantitative estimate of drug-likeness (QED) is 0.778. The number of rotatable bonds is 3. The van der Waals surface area contributed by atoms with E-state index in [0.717, 1.165) is 6.07 Å². The van der Waals surface area contributed by atoms with Gasteiger partial charge in [-0.2, -0.15) is 0 Å². The molecule has 2 N–H and O–H groups in total. The average Bonchev–Trinajstić information content (AvgIpc) is 2.17. The summed E-state index contributed by atoms with van der Waals surface area (Å²) < 4.78 is 18.2. The van der Waals surface area contributed by atoms with Gasteiger partial charge in [0, 0.05) is 11.6 Å². The molecule has 0 bridgehead atoms. The fourth-order valence-corrected chi connectivity index (χ4v) is 1.24. The van der Waals surface area contributed by atoms with Crippen molar-refractivity contribution in [3.8, 4) is 0 Å². The number of carbonyl (C=O) groups is 1. The molecule has 1 aromatic carbocycles. The van der Waals surface area contributed by atoms with Crippen LogP contribution in [0.3, 0.4) is 0 Å². The summed E-state index contributed by atoms with van der Waals surface area (Å²) in [5.41, 5.74) is 6.14. The minimum Gasteiger partial charge on any atom is -0.462 e. The Hall–Kier alpha value is -1.42. The van der Waals surface area contributed by atoms with Crippen LogP contribution in [-0.4, -0.2) is 12.6 Å². The molecule has 0 saturated heterocycles. The Morgan fingerprint density at radius 3 is 2.73 bits per heavy atom. The minimum atomic E-state index is -0.521. The van der Waals surface area contributed by atoms with E-state index in [-0.39, 0.29) is 18.2 Å². The third kappa shape index (κ3) is 2.76. The van der Waals surface area contributed by atoms with E-state index in [1.807, 2.05) is 0 Å². The zero-order valence-corrected chi connectivity index (χ0v) is 8.79. The second-order valence-electron chi connectivity index (χ2n) is 3.25. The van der Waals surface area contributed by atoms with E-state index in [0.29, 0.717) is 5.56 Å². The van der Waals surface area contributed by atoms with Crippen molar-refractivity contribution in [3.63, 3.8) is 0 Å². The lowest BCUT2D eigenvalue weighted by Gasteiger charge is -2.08. The van der Waals surface area contributed by atoms with Crippen LogP contribution in [-0.2, 0) is 4.74 Å². The Balaban J connectivity index is 2.96. The lowest BCUT2D eigenvalue weighted by atomic mass is 10.1. The van der Waals surface area contributed by atoms with Gasteiger partial charge in [0.1, 0.15) is 5.82 Å². The number of ether oxygens (including phenoxy) is 1. The monoisotopic (exact) mass is 211 g/mol. The molecule has 82 valence electrons. The van der Waals surface area contributed by atoms with Crippen LogP contribution in [0.2, 0.25) is 0 Å². The second kappa shape index (κ2) is 4.89. The normalized spacial score (nSPS) is 12.3. The molecule has 0 saturated carbocycles. The van der Waals surface area contributed by atoms with Crippen LogP contribution in [0.15, 0.2) is 18.2 Å². The Bertz CT molecular complexity index is 364. The summed E-state index contributed by atoms with van der Waals surface area (Å²) in [5, 5.41) is 0. The third-order valence-corrected chi connectivity index (χ3v) is 2.00. The summed E-state index contributed by atoms with van der Waals surface area (Å²) in [4.78, 5) is 11.3. The first kappa shape index (κ1) is 11.7. The molecule has 1 aromatic rings. The topological polar surface area (TPSA) is 52.3 Å². The van der Waals surface area contributed by atoms with Gasteiger partial charge in [-0.05, 0) is 26.0 Å². The summed E-state index contributed by atoms with van der Waals surface area (Å²) >= 11 is 0. The Labute approximate surface area is 88.0 Å². The van der Waals surface area contributed by atoms with Crippen molar-refractivity contribution in [3.05, 3.63) is 35.1 Å². The first-order valence-corrected chi connectivity index (χ1v) is 4.78. The van der Waals surface area contributed by atoms with Gasteiger partial charge in [-0.3, -0.25) is 0 Å². The molecular weight excluding hydrogens is 197 g/mol. The van der Waals surface area contributed by atoms with Crippen molar-refractivity contribution in [2.45, 2.75) is 19.9 Å². The predicted molar refractivity (Wildman–Crippen MR) is 55.0 cm³/mol. The van der Waals surface area contributed by atoms with Gasteiger partial charge < -0.3 is 10.5 Å².